The van der Waals surface area contributed by atoms with E-state index in [2.05, 4.69) is 21.0 Å². The Morgan fingerprint density at radius 3 is 2.71 bits per heavy atom. The molecule has 0 radical (unpaired) electrons. The summed E-state index contributed by atoms with van der Waals surface area (Å²) in [5.41, 5.74) is 0.405. The Bertz CT molecular complexity index is 365. The fourth-order valence-electron chi connectivity index (χ4n) is 1.18. The summed E-state index contributed by atoms with van der Waals surface area (Å²) in [7, 11) is 0. The highest BCUT2D eigenvalue weighted by Crippen LogP contribution is 2.23. The molecular weight excluding hydrogens is 301 g/mol. The van der Waals surface area contributed by atoms with Crippen molar-refractivity contribution in [2.45, 2.75) is 45.7 Å². The second-order valence-corrected chi connectivity index (χ2v) is 4.60. The first-order chi connectivity index (χ1) is 7.83. The molecule has 7 heteroatoms. The van der Waals surface area contributed by atoms with Crippen LogP contribution in [0.5, 0.6) is 0 Å². The smallest absolute Gasteiger partial charge is 0.372 e. The molecule has 0 N–H and O–H groups in total. The summed E-state index contributed by atoms with van der Waals surface area (Å²) in [6.45, 7) is 2.84. The number of halogens is 4. The van der Waals surface area contributed by atoms with E-state index in [1.54, 1.807) is 0 Å². The van der Waals surface area contributed by atoms with E-state index in [4.69, 9.17) is 4.74 Å². The molecule has 3 nitrogen and oxygen atoms in total. The molecule has 1 rings (SSSR count). The van der Waals surface area contributed by atoms with Gasteiger partial charge in [-0.25, -0.2) is 0 Å². The molecule has 0 aliphatic rings. The van der Waals surface area contributed by atoms with Gasteiger partial charge in [0.2, 0.25) is 0 Å². The van der Waals surface area contributed by atoms with E-state index in [0.717, 1.165) is 11.1 Å². The summed E-state index contributed by atoms with van der Waals surface area (Å²) in [6.07, 6.45) is -2.11. The van der Waals surface area contributed by atoms with Crippen LogP contribution in [0.2, 0.25) is 0 Å². The molecule has 1 unspecified atom stereocenters. The van der Waals surface area contributed by atoms with E-state index >= 15 is 0 Å². The Hall–Kier alpha value is -0.560. The normalized spacial score (nSPS) is 14.0. The van der Waals surface area contributed by atoms with Gasteiger partial charge in [0.15, 0.2) is 0 Å². The molecule has 0 aliphatic heterocycles. The van der Waals surface area contributed by atoms with Gasteiger partial charge in [-0.2, -0.15) is 18.3 Å². The zero-order valence-electron chi connectivity index (χ0n) is 9.59. The van der Waals surface area contributed by atoms with Crippen LogP contribution in [-0.2, 0) is 17.9 Å². The molecule has 98 valence electrons. The largest absolute Gasteiger partial charge is 0.408 e. The zero-order valence-corrected chi connectivity index (χ0v) is 11.2. The van der Waals surface area contributed by atoms with E-state index in [9.17, 15) is 13.2 Å². The van der Waals surface area contributed by atoms with Crippen molar-refractivity contribution in [1.29, 1.82) is 0 Å². The first-order valence-electron chi connectivity index (χ1n) is 5.22. The third kappa shape index (κ3) is 4.67. The van der Waals surface area contributed by atoms with Gasteiger partial charge in [-0.05, 0) is 29.3 Å². The molecule has 0 fully saturated rings. The Morgan fingerprint density at radius 1 is 1.53 bits per heavy atom. The van der Waals surface area contributed by atoms with Gasteiger partial charge < -0.3 is 4.74 Å². The van der Waals surface area contributed by atoms with Gasteiger partial charge in [0.1, 0.15) is 6.54 Å². The van der Waals surface area contributed by atoms with E-state index < -0.39 is 12.7 Å². The second kappa shape index (κ2) is 5.86. The quantitative estimate of drug-likeness (QED) is 0.831. The maximum Gasteiger partial charge on any atom is 0.408 e. The monoisotopic (exact) mass is 314 g/mol. The maximum absolute atomic E-state index is 12.3. The fraction of sp³-hybridized carbons (Fsp3) is 0.700. The molecule has 0 bridgehead atoms. The number of alkyl halides is 3. The predicted octanol–water partition coefficient (Wildman–Crippen LogP) is 3.52. The lowest BCUT2D eigenvalue weighted by Gasteiger charge is -2.13. The van der Waals surface area contributed by atoms with Crippen molar-refractivity contribution in [1.82, 2.24) is 9.78 Å². The van der Waals surface area contributed by atoms with Crippen molar-refractivity contribution in [2.75, 3.05) is 0 Å². The van der Waals surface area contributed by atoms with Crippen LogP contribution in [0.4, 0.5) is 13.2 Å². The van der Waals surface area contributed by atoms with Gasteiger partial charge >= 0.3 is 6.18 Å². The van der Waals surface area contributed by atoms with Crippen LogP contribution in [0, 0.1) is 0 Å². The zero-order chi connectivity index (χ0) is 13.1. The Labute approximate surface area is 106 Å². The second-order valence-electron chi connectivity index (χ2n) is 3.74. The number of rotatable bonds is 5. The molecule has 0 aliphatic carbocycles. The molecule has 0 spiro atoms. The van der Waals surface area contributed by atoms with Crippen molar-refractivity contribution in [3.8, 4) is 0 Å². The third-order valence-electron chi connectivity index (χ3n) is 2.31. The summed E-state index contributed by atoms with van der Waals surface area (Å²) in [5.74, 6) is 0. The molecule has 1 aromatic heterocycles. The van der Waals surface area contributed by atoms with Gasteiger partial charge in [0, 0.05) is 0 Å². The lowest BCUT2D eigenvalue weighted by molar-refractivity contribution is -0.143. The molecule has 1 atom stereocenters. The van der Waals surface area contributed by atoms with Crippen LogP contribution in [0.1, 0.15) is 26.0 Å². The Balaban J connectivity index is 2.73. The minimum Gasteiger partial charge on any atom is -0.372 e. The minimum absolute atomic E-state index is 0.0103. The lowest BCUT2D eigenvalue weighted by Crippen LogP contribution is -2.21. The lowest BCUT2D eigenvalue weighted by atomic mass is 10.3. The highest BCUT2D eigenvalue weighted by atomic mass is 79.9. The first kappa shape index (κ1) is 14.5. The molecule has 1 heterocycles. The molecule has 0 aromatic carbocycles. The average molecular weight is 315 g/mol. The summed E-state index contributed by atoms with van der Waals surface area (Å²) in [6, 6.07) is 0. The summed E-state index contributed by atoms with van der Waals surface area (Å²) >= 11 is 3.17. The number of nitrogens with zero attached hydrogens (tertiary/aromatic N) is 2. The standard InChI is InChI=1S/C10H14BrF3N2O/c1-3-7(2)17-5-9-8(11)4-15-16(9)6-10(12,13)14/h4,7H,3,5-6H2,1-2H3. The van der Waals surface area contributed by atoms with Crippen LogP contribution >= 0.6 is 15.9 Å². The maximum atomic E-state index is 12.3. The van der Waals surface area contributed by atoms with Gasteiger partial charge in [-0.1, -0.05) is 6.92 Å². The minimum atomic E-state index is -4.28. The Morgan fingerprint density at radius 2 is 2.18 bits per heavy atom. The van der Waals surface area contributed by atoms with E-state index in [1.165, 1.54) is 6.20 Å². The molecule has 0 amide bonds. The highest BCUT2D eigenvalue weighted by molar-refractivity contribution is 9.10. The number of hydrogen-bond donors (Lipinski definition) is 0. The van der Waals surface area contributed by atoms with Crippen molar-refractivity contribution in [3.63, 3.8) is 0 Å². The summed E-state index contributed by atoms with van der Waals surface area (Å²) in [5, 5.41) is 3.67. The predicted molar refractivity (Wildman–Crippen MR) is 60.5 cm³/mol. The fourth-order valence-corrected chi connectivity index (χ4v) is 1.59. The molecule has 1 aromatic rings. The number of aromatic nitrogens is 2. The van der Waals surface area contributed by atoms with E-state index in [0.29, 0.717) is 10.2 Å². The molecular formula is C10H14BrF3N2O. The van der Waals surface area contributed by atoms with Gasteiger partial charge in [-0.3, -0.25) is 4.68 Å². The van der Waals surface area contributed by atoms with Crippen LogP contribution in [0.25, 0.3) is 0 Å². The van der Waals surface area contributed by atoms with Crippen molar-refractivity contribution in [3.05, 3.63) is 16.4 Å². The third-order valence-corrected chi connectivity index (χ3v) is 2.97. The van der Waals surface area contributed by atoms with Gasteiger partial charge in [-0.15, -0.1) is 0 Å². The van der Waals surface area contributed by atoms with Crippen molar-refractivity contribution >= 4 is 15.9 Å². The molecule has 17 heavy (non-hydrogen) atoms. The van der Waals surface area contributed by atoms with Crippen molar-refractivity contribution in [2.24, 2.45) is 0 Å². The number of hydrogen-bond acceptors (Lipinski definition) is 2. The molecule has 0 saturated carbocycles. The SMILES string of the molecule is CCC(C)OCc1c(Br)cnn1CC(F)(F)F. The first-order valence-corrected chi connectivity index (χ1v) is 6.01. The van der Waals surface area contributed by atoms with Gasteiger partial charge in [0.25, 0.3) is 0 Å². The molecule has 0 saturated heterocycles. The van der Waals surface area contributed by atoms with Crippen LogP contribution in [-0.4, -0.2) is 22.1 Å². The summed E-state index contributed by atoms with van der Waals surface area (Å²) in [4.78, 5) is 0. The summed E-state index contributed by atoms with van der Waals surface area (Å²) < 4.78 is 43.7. The van der Waals surface area contributed by atoms with E-state index in [-0.39, 0.29) is 12.7 Å². The van der Waals surface area contributed by atoms with Crippen molar-refractivity contribution < 1.29 is 17.9 Å². The highest BCUT2D eigenvalue weighted by Gasteiger charge is 2.30. The number of ether oxygens (including phenoxy) is 1. The van der Waals surface area contributed by atoms with Crippen LogP contribution in [0.15, 0.2) is 10.7 Å². The van der Waals surface area contributed by atoms with E-state index in [1.807, 2.05) is 13.8 Å². The topological polar surface area (TPSA) is 27.1 Å². The Kier molecular flexibility index (Phi) is 5.00. The van der Waals surface area contributed by atoms with Crippen LogP contribution in [0.3, 0.4) is 0 Å². The van der Waals surface area contributed by atoms with Gasteiger partial charge in [0.05, 0.1) is 29.1 Å². The van der Waals surface area contributed by atoms with Crippen LogP contribution < -0.4 is 0 Å². The average Bonchev–Trinajstić information content (AvgIpc) is 2.54.